The van der Waals surface area contributed by atoms with Gasteiger partial charge in [0.1, 0.15) is 0 Å². The minimum atomic E-state index is -6.24. The highest BCUT2D eigenvalue weighted by atomic mass is 35.5. The molecule has 20 heavy (non-hydrogen) atoms. The van der Waals surface area contributed by atoms with Crippen molar-refractivity contribution in [3.63, 3.8) is 0 Å². The minimum absolute atomic E-state index is 0.165. The normalized spacial score (nSPS) is 13.4. The van der Waals surface area contributed by atoms with Gasteiger partial charge in [-0.25, -0.2) is 4.39 Å². The van der Waals surface area contributed by atoms with Crippen LogP contribution in [-0.2, 0) is 5.67 Å². The molecule has 10 heteroatoms. The molecule has 1 aromatic carbocycles. The van der Waals surface area contributed by atoms with Crippen molar-refractivity contribution in [2.75, 3.05) is 0 Å². The van der Waals surface area contributed by atoms with Crippen LogP contribution in [0.5, 0.6) is 0 Å². The van der Waals surface area contributed by atoms with Crippen LogP contribution in [0.15, 0.2) is 17.1 Å². The average molecular weight is 342 g/mol. The highest BCUT2D eigenvalue weighted by Crippen LogP contribution is 2.54. The van der Waals surface area contributed by atoms with Crippen LogP contribution in [0.2, 0.25) is 10.0 Å². The fourth-order valence-corrected chi connectivity index (χ4v) is 2.01. The third kappa shape index (κ3) is 2.58. The second-order valence-corrected chi connectivity index (χ2v) is 4.42. The maximum atomic E-state index is 13.7. The van der Waals surface area contributed by atoms with E-state index >= 15 is 0 Å². The molecule has 0 heterocycles. The Kier molecular flexibility index (Phi) is 4.32. The summed E-state index contributed by atoms with van der Waals surface area (Å²) in [6.45, 7) is 2.98. The average Bonchev–Trinajstić information content (AvgIpc) is 2.24. The zero-order chi connectivity index (χ0) is 15.9. The van der Waals surface area contributed by atoms with Gasteiger partial charge >= 0.3 is 18.0 Å². The summed E-state index contributed by atoms with van der Waals surface area (Å²) in [5.74, 6) is 0. The molecular weight excluding hydrogens is 338 g/mol. The number of nitrogens with zero attached hydrogens (tertiary/aromatic N) is 1. The minimum Gasteiger partial charge on any atom is -0.262 e. The maximum Gasteiger partial charge on any atom is 0.435 e. The van der Waals surface area contributed by atoms with Crippen molar-refractivity contribution in [1.29, 1.82) is 0 Å². The lowest BCUT2D eigenvalue weighted by atomic mass is 9.94. The monoisotopic (exact) mass is 341 g/mol. The molecule has 0 aromatic heterocycles. The smallest absolute Gasteiger partial charge is 0.262 e. The quantitative estimate of drug-likeness (QED) is 0.489. The van der Waals surface area contributed by atoms with Crippen molar-refractivity contribution >= 4 is 35.6 Å². The summed E-state index contributed by atoms with van der Waals surface area (Å²) < 4.78 is 88.8. The van der Waals surface area contributed by atoms with E-state index in [-0.39, 0.29) is 17.8 Å². The highest BCUT2D eigenvalue weighted by Gasteiger charge is 2.73. The van der Waals surface area contributed by atoms with Crippen molar-refractivity contribution in [2.45, 2.75) is 18.0 Å². The molecular formula is C10H4Cl2F7N. The van der Waals surface area contributed by atoms with E-state index in [2.05, 4.69) is 11.7 Å². The first-order valence-electron chi connectivity index (χ1n) is 4.65. The summed E-state index contributed by atoms with van der Waals surface area (Å²) in [6.07, 6.45) is -12.5. The van der Waals surface area contributed by atoms with Crippen LogP contribution in [0, 0.1) is 0 Å². The first kappa shape index (κ1) is 17.0. The van der Waals surface area contributed by atoms with Gasteiger partial charge in [0.05, 0.1) is 15.7 Å². The van der Waals surface area contributed by atoms with E-state index in [1.165, 1.54) is 0 Å². The summed E-state index contributed by atoms with van der Waals surface area (Å²) in [4.78, 5) is 3.22. The molecule has 0 saturated heterocycles. The Morgan fingerprint density at radius 3 is 1.45 bits per heavy atom. The summed E-state index contributed by atoms with van der Waals surface area (Å²) in [6, 6.07) is 0.330. The van der Waals surface area contributed by atoms with Gasteiger partial charge in [0.15, 0.2) is 0 Å². The topological polar surface area (TPSA) is 12.4 Å². The molecule has 0 atom stereocenters. The number of hydrogen-bond donors (Lipinski definition) is 0. The van der Waals surface area contributed by atoms with E-state index in [0.29, 0.717) is 0 Å². The number of halogens is 9. The zero-order valence-corrected chi connectivity index (χ0v) is 10.7. The SMILES string of the molecule is C=Nc1c(Cl)cc(C(F)(C(F)(F)F)C(F)(F)F)cc1Cl. The molecule has 0 aliphatic carbocycles. The standard InChI is InChI=1S/C10H4Cl2F7N/c1-20-7-5(11)2-4(3-6(7)12)8(13,9(14,15)16)10(17,18)19/h2-3H,1H2. The van der Waals surface area contributed by atoms with Crippen molar-refractivity contribution in [2.24, 2.45) is 4.99 Å². The Balaban J connectivity index is 3.65. The van der Waals surface area contributed by atoms with E-state index in [0.717, 1.165) is 0 Å². The number of benzene rings is 1. The lowest BCUT2D eigenvalue weighted by Gasteiger charge is -2.30. The van der Waals surface area contributed by atoms with Crippen LogP contribution >= 0.6 is 23.2 Å². The van der Waals surface area contributed by atoms with Crippen LogP contribution in [0.1, 0.15) is 5.56 Å². The zero-order valence-electron chi connectivity index (χ0n) is 9.21. The highest BCUT2D eigenvalue weighted by molar-refractivity contribution is 6.38. The molecule has 112 valence electrons. The molecule has 0 spiro atoms. The van der Waals surface area contributed by atoms with E-state index in [9.17, 15) is 30.7 Å². The van der Waals surface area contributed by atoms with Gasteiger partial charge in [-0.15, -0.1) is 0 Å². The Bertz CT molecular complexity index is 498. The van der Waals surface area contributed by atoms with Gasteiger partial charge in [0.25, 0.3) is 0 Å². The molecule has 0 unspecified atom stereocenters. The van der Waals surface area contributed by atoms with Crippen molar-refractivity contribution in [1.82, 2.24) is 0 Å². The Morgan fingerprint density at radius 1 is 0.850 bits per heavy atom. The lowest BCUT2D eigenvalue weighted by Crippen LogP contribution is -2.50. The molecule has 0 aliphatic rings. The Labute approximate surface area is 118 Å². The van der Waals surface area contributed by atoms with Crippen molar-refractivity contribution in [3.05, 3.63) is 27.7 Å². The third-order valence-electron chi connectivity index (χ3n) is 2.35. The van der Waals surface area contributed by atoms with Crippen molar-refractivity contribution in [3.8, 4) is 0 Å². The van der Waals surface area contributed by atoms with E-state index in [4.69, 9.17) is 23.2 Å². The van der Waals surface area contributed by atoms with Crippen LogP contribution in [0.25, 0.3) is 0 Å². The number of aliphatic imine (C=N–C) groups is 1. The molecule has 1 rings (SSSR count). The van der Waals surface area contributed by atoms with Gasteiger partial charge in [0, 0.05) is 5.56 Å². The number of alkyl halides is 7. The van der Waals surface area contributed by atoms with Crippen LogP contribution in [0.3, 0.4) is 0 Å². The molecule has 0 bridgehead atoms. The first-order chi connectivity index (χ1) is 8.86. The van der Waals surface area contributed by atoms with Gasteiger partial charge < -0.3 is 0 Å². The molecule has 0 aliphatic heterocycles. The largest absolute Gasteiger partial charge is 0.435 e. The van der Waals surface area contributed by atoms with Crippen LogP contribution in [-0.4, -0.2) is 19.1 Å². The predicted molar refractivity (Wildman–Crippen MR) is 60.6 cm³/mol. The second-order valence-electron chi connectivity index (χ2n) is 3.60. The van der Waals surface area contributed by atoms with Gasteiger partial charge in [-0.2, -0.15) is 26.3 Å². The van der Waals surface area contributed by atoms with Gasteiger partial charge in [-0.3, -0.25) is 4.99 Å². The fourth-order valence-electron chi connectivity index (χ4n) is 1.40. The Morgan fingerprint density at radius 2 is 1.20 bits per heavy atom. The molecule has 0 amide bonds. The summed E-state index contributed by atoms with van der Waals surface area (Å²) in [5, 5.41) is -1.36. The first-order valence-corrected chi connectivity index (χ1v) is 5.40. The van der Waals surface area contributed by atoms with Crippen molar-refractivity contribution < 1.29 is 30.7 Å². The summed E-state index contributed by atoms with van der Waals surface area (Å²) in [5.41, 5.74) is -7.71. The lowest BCUT2D eigenvalue weighted by molar-refractivity contribution is -0.348. The van der Waals surface area contributed by atoms with Gasteiger partial charge in [-0.1, -0.05) is 23.2 Å². The van der Waals surface area contributed by atoms with Gasteiger partial charge in [-0.05, 0) is 18.9 Å². The molecule has 1 aromatic rings. The van der Waals surface area contributed by atoms with Crippen LogP contribution < -0.4 is 0 Å². The van der Waals surface area contributed by atoms with E-state index < -0.39 is 33.6 Å². The van der Waals surface area contributed by atoms with E-state index in [1.807, 2.05) is 0 Å². The number of hydrogen-bond acceptors (Lipinski definition) is 1. The molecule has 0 radical (unpaired) electrons. The summed E-state index contributed by atoms with van der Waals surface area (Å²) in [7, 11) is 0. The summed E-state index contributed by atoms with van der Waals surface area (Å²) >= 11 is 10.8. The fraction of sp³-hybridized carbons (Fsp3) is 0.300. The molecule has 0 saturated carbocycles. The van der Waals surface area contributed by atoms with E-state index in [1.54, 1.807) is 0 Å². The predicted octanol–water partition coefficient (Wildman–Crippen LogP) is 5.61. The Hall–Kier alpha value is -1.02. The number of rotatable bonds is 2. The molecule has 0 N–H and O–H groups in total. The second kappa shape index (κ2) is 5.07. The van der Waals surface area contributed by atoms with Gasteiger partial charge in [0.2, 0.25) is 0 Å². The molecule has 0 fully saturated rings. The third-order valence-corrected chi connectivity index (χ3v) is 2.93. The molecule has 1 nitrogen and oxygen atoms in total. The van der Waals surface area contributed by atoms with Crippen LogP contribution in [0.4, 0.5) is 36.4 Å². The maximum absolute atomic E-state index is 13.7.